The first-order chi connectivity index (χ1) is 15.2. The van der Waals surface area contributed by atoms with Crippen LogP contribution in [0.3, 0.4) is 0 Å². The lowest BCUT2D eigenvalue weighted by Gasteiger charge is -2.31. The Morgan fingerprint density at radius 2 is 1.64 bits per heavy atom. The Hall–Kier alpha value is -1.53. The molecular weight excluding hydrogens is 449 g/mol. The third-order valence-corrected chi connectivity index (χ3v) is 6.12. The van der Waals surface area contributed by atoms with E-state index in [4.69, 9.17) is 4.74 Å². The van der Waals surface area contributed by atoms with E-state index >= 15 is 0 Å². The maximum atomic E-state index is 13.8. The minimum atomic E-state index is -4.66. The number of amides is 1. The number of halogens is 5. The smallest absolute Gasteiger partial charge is 0.365 e. The summed E-state index contributed by atoms with van der Waals surface area (Å²) in [5.74, 6) is -2.38. The maximum absolute atomic E-state index is 13.8. The Bertz CT molecular complexity index is 719. The van der Waals surface area contributed by atoms with Crippen LogP contribution in [-0.4, -0.2) is 60.3 Å². The first-order valence-electron chi connectivity index (χ1n) is 11.4. The van der Waals surface area contributed by atoms with Crippen LogP contribution in [0.4, 0.5) is 22.0 Å². The van der Waals surface area contributed by atoms with E-state index in [2.05, 4.69) is 26.5 Å². The van der Waals surface area contributed by atoms with E-state index in [1.807, 2.05) is 20.8 Å². The molecule has 3 fully saturated rings. The second-order valence-corrected chi connectivity index (χ2v) is 10.4. The number of hydrogen-bond acceptors (Lipinski definition) is 5. The number of rotatable bonds is 3. The fourth-order valence-electron chi connectivity index (χ4n) is 4.76. The zero-order valence-corrected chi connectivity index (χ0v) is 19.3. The molecule has 2 aliphatic heterocycles. The van der Waals surface area contributed by atoms with Crippen LogP contribution in [-0.2, 0) is 9.53 Å². The molecule has 0 aromatic rings. The van der Waals surface area contributed by atoms with Gasteiger partial charge in [-0.1, -0.05) is 0 Å². The van der Waals surface area contributed by atoms with E-state index < -0.39 is 54.3 Å². The summed E-state index contributed by atoms with van der Waals surface area (Å²) < 4.78 is 72.5. The highest BCUT2D eigenvalue weighted by Gasteiger charge is 2.53. The molecule has 3 rings (SSSR count). The van der Waals surface area contributed by atoms with Crippen molar-refractivity contribution in [1.29, 1.82) is 0 Å². The van der Waals surface area contributed by atoms with Gasteiger partial charge in [0.2, 0.25) is 5.91 Å². The highest BCUT2D eigenvalue weighted by molar-refractivity contribution is 5.98. The van der Waals surface area contributed by atoms with Gasteiger partial charge in [-0.15, -0.1) is 0 Å². The quantitative estimate of drug-likeness (QED) is 0.282. The van der Waals surface area contributed by atoms with Crippen LogP contribution in [0.2, 0.25) is 0 Å². The Balaban J connectivity index is 1.69. The molecule has 4 N–H and O–H groups in total. The lowest BCUT2D eigenvalue weighted by molar-refractivity contribution is -0.222. The molecule has 0 aromatic carbocycles. The molecule has 33 heavy (non-hydrogen) atoms. The molecule has 2 heterocycles. The van der Waals surface area contributed by atoms with Gasteiger partial charge >= 0.3 is 6.18 Å². The van der Waals surface area contributed by atoms with Gasteiger partial charge in [-0.25, -0.2) is 19.2 Å². The van der Waals surface area contributed by atoms with Crippen LogP contribution in [0.5, 0.6) is 0 Å². The SMILES string of the molecule is CC1CC(C(=O)N/C(=N/C2CC(C3CC(F)CC(F)C3)NN2)NC(C)(C)C)C(C(F)(F)F)O1. The second kappa shape index (κ2) is 9.99. The zero-order chi connectivity index (χ0) is 24.6. The van der Waals surface area contributed by atoms with Crippen LogP contribution < -0.4 is 21.5 Å². The molecule has 3 aliphatic rings. The lowest BCUT2D eigenvalue weighted by Crippen LogP contribution is -2.53. The first kappa shape index (κ1) is 26.1. The van der Waals surface area contributed by atoms with E-state index in [1.165, 1.54) is 6.92 Å². The van der Waals surface area contributed by atoms with Crippen molar-refractivity contribution in [3.8, 4) is 0 Å². The predicted octanol–water partition coefficient (Wildman–Crippen LogP) is 2.87. The van der Waals surface area contributed by atoms with E-state index in [0.29, 0.717) is 6.42 Å². The molecule has 1 aliphatic carbocycles. The van der Waals surface area contributed by atoms with Crippen molar-refractivity contribution in [2.75, 3.05) is 0 Å². The molecule has 7 atom stereocenters. The third kappa shape index (κ3) is 7.22. The predicted molar refractivity (Wildman–Crippen MR) is 113 cm³/mol. The van der Waals surface area contributed by atoms with Crippen molar-refractivity contribution >= 4 is 11.9 Å². The fraction of sp³-hybridized carbons (Fsp3) is 0.905. The van der Waals surface area contributed by atoms with Crippen molar-refractivity contribution < 1.29 is 31.5 Å². The van der Waals surface area contributed by atoms with Crippen molar-refractivity contribution in [2.45, 2.75) is 108 Å². The standard InChI is InChI=1S/C21H34F5N5O2/c1-10-5-14(17(33-10)21(24,25)26)18(32)28-19(29-20(2,3)4)27-16-9-15(30-31-16)11-6-12(22)8-13(23)7-11/h10-17,30-31H,5-9H2,1-4H3,(H2,27,28,29,32). The van der Waals surface area contributed by atoms with Gasteiger partial charge in [0.15, 0.2) is 12.1 Å². The molecule has 1 saturated carbocycles. The van der Waals surface area contributed by atoms with E-state index in [9.17, 15) is 26.7 Å². The molecule has 2 saturated heterocycles. The van der Waals surface area contributed by atoms with Gasteiger partial charge in [-0.05, 0) is 52.9 Å². The number of ether oxygens (including phenoxy) is 1. The highest BCUT2D eigenvalue weighted by Crippen LogP contribution is 2.37. The summed E-state index contributed by atoms with van der Waals surface area (Å²) in [5.41, 5.74) is 5.45. The Kier molecular flexibility index (Phi) is 7.89. The fourth-order valence-corrected chi connectivity index (χ4v) is 4.76. The van der Waals surface area contributed by atoms with Crippen LogP contribution in [0.25, 0.3) is 0 Å². The van der Waals surface area contributed by atoms with Crippen LogP contribution in [0, 0.1) is 11.8 Å². The molecule has 190 valence electrons. The molecule has 7 nitrogen and oxygen atoms in total. The largest absolute Gasteiger partial charge is 0.415 e. The van der Waals surface area contributed by atoms with E-state index in [-0.39, 0.29) is 43.6 Å². The summed E-state index contributed by atoms with van der Waals surface area (Å²) >= 11 is 0. The normalized spacial score (nSPS) is 38.4. The Labute approximate surface area is 190 Å². The van der Waals surface area contributed by atoms with Crippen molar-refractivity contribution in [1.82, 2.24) is 21.5 Å². The summed E-state index contributed by atoms with van der Waals surface area (Å²) in [6.45, 7) is 6.96. The highest BCUT2D eigenvalue weighted by atomic mass is 19.4. The number of hydrazine groups is 1. The number of carbonyl (C=O) groups is 1. The van der Waals surface area contributed by atoms with Crippen LogP contribution in [0.1, 0.15) is 59.8 Å². The molecule has 12 heteroatoms. The summed E-state index contributed by atoms with van der Waals surface area (Å²) in [6.07, 6.45) is -9.61. The topological polar surface area (TPSA) is 86.8 Å². The third-order valence-electron chi connectivity index (χ3n) is 6.12. The van der Waals surface area contributed by atoms with Crippen LogP contribution >= 0.6 is 0 Å². The molecule has 0 spiro atoms. The number of aliphatic imine (C=N–C) groups is 1. The minimum absolute atomic E-state index is 0.0308. The number of hydrogen-bond donors (Lipinski definition) is 4. The Morgan fingerprint density at radius 3 is 2.21 bits per heavy atom. The van der Waals surface area contributed by atoms with Crippen molar-refractivity contribution in [2.24, 2.45) is 16.8 Å². The molecule has 1 amide bonds. The molecule has 7 unspecified atom stereocenters. The first-order valence-corrected chi connectivity index (χ1v) is 11.4. The average molecular weight is 484 g/mol. The van der Waals surface area contributed by atoms with Crippen LogP contribution in [0.15, 0.2) is 4.99 Å². The number of nitrogens with one attached hydrogen (secondary N) is 4. The van der Waals surface area contributed by atoms with E-state index in [0.717, 1.165) is 0 Å². The lowest BCUT2D eigenvalue weighted by atomic mass is 9.81. The molecule has 0 bridgehead atoms. The number of guanidine groups is 1. The van der Waals surface area contributed by atoms with Crippen molar-refractivity contribution in [3.05, 3.63) is 0 Å². The van der Waals surface area contributed by atoms with Gasteiger partial charge in [0.05, 0.1) is 12.0 Å². The maximum Gasteiger partial charge on any atom is 0.415 e. The summed E-state index contributed by atoms with van der Waals surface area (Å²) in [4.78, 5) is 17.2. The monoisotopic (exact) mass is 483 g/mol. The summed E-state index contributed by atoms with van der Waals surface area (Å²) in [5, 5.41) is 5.52. The molecular formula is C21H34F5N5O2. The van der Waals surface area contributed by atoms with Gasteiger partial charge < -0.3 is 10.1 Å². The van der Waals surface area contributed by atoms with Gasteiger partial charge in [0.1, 0.15) is 18.5 Å². The number of alkyl halides is 5. The van der Waals surface area contributed by atoms with Gasteiger partial charge in [-0.2, -0.15) is 13.2 Å². The zero-order valence-electron chi connectivity index (χ0n) is 19.3. The molecule has 0 aromatic heterocycles. The average Bonchev–Trinajstić information content (AvgIpc) is 3.26. The second-order valence-electron chi connectivity index (χ2n) is 10.4. The van der Waals surface area contributed by atoms with Gasteiger partial charge in [0.25, 0.3) is 0 Å². The minimum Gasteiger partial charge on any atom is -0.365 e. The summed E-state index contributed by atoms with van der Waals surface area (Å²) in [7, 11) is 0. The van der Waals surface area contributed by atoms with Gasteiger partial charge in [-0.3, -0.25) is 15.5 Å². The van der Waals surface area contributed by atoms with Crippen molar-refractivity contribution in [3.63, 3.8) is 0 Å². The van der Waals surface area contributed by atoms with E-state index in [1.54, 1.807) is 0 Å². The van der Waals surface area contributed by atoms with Gasteiger partial charge in [0, 0.05) is 24.4 Å². The number of carbonyl (C=O) groups excluding carboxylic acids is 1. The number of nitrogens with zero attached hydrogens (tertiary/aromatic N) is 1. The Morgan fingerprint density at radius 1 is 1.00 bits per heavy atom. The molecule has 0 radical (unpaired) electrons. The summed E-state index contributed by atoms with van der Waals surface area (Å²) in [6, 6.07) is -0.208.